The maximum Gasteiger partial charge on any atom is 0.257 e. The number of hydrogen-bond acceptors (Lipinski definition) is 2. The molecule has 1 aromatic carbocycles. The number of nitrogens with one attached hydrogen (secondary N) is 1. The molecule has 0 fully saturated rings. The number of phenols is 1. The normalized spacial score (nSPS) is 10.9. The van der Waals surface area contributed by atoms with Crippen molar-refractivity contribution in [2.45, 2.75) is 10.8 Å². The Balaban J connectivity index is 2.68. The number of aromatic hydroxyl groups is 1. The Hall–Kier alpha value is -1.19. The first-order valence-electron chi connectivity index (χ1n) is 5.00. The summed E-state index contributed by atoms with van der Waals surface area (Å²) >= 11 is 11.9. The van der Waals surface area contributed by atoms with Gasteiger partial charge in [-0.3, -0.25) is 4.79 Å². The van der Waals surface area contributed by atoms with Crippen LogP contribution in [0.5, 0.6) is 5.75 Å². The van der Waals surface area contributed by atoms with Gasteiger partial charge < -0.3 is 10.4 Å². The van der Waals surface area contributed by atoms with Crippen molar-refractivity contribution in [3.8, 4) is 5.75 Å². The maximum atomic E-state index is 11.6. The molecule has 1 rings (SSSR count). The third kappa shape index (κ3) is 4.29. The molecule has 2 N–H and O–H groups in total. The van der Waals surface area contributed by atoms with E-state index >= 15 is 0 Å². The van der Waals surface area contributed by atoms with Gasteiger partial charge in [-0.25, -0.2) is 0 Å². The molecular formula is C12H13Cl2NO2. The largest absolute Gasteiger partial charge is 0.508 e. The lowest BCUT2D eigenvalue weighted by Crippen LogP contribution is -2.40. The molecule has 17 heavy (non-hydrogen) atoms. The lowest BCUT2D eigenvalue weighted by molar-refractivity contribution is -0.121. The molecule has 0 unspecified atom stereocenters. The second-order valence-electron chi connectivity index (χ2n) is 3.55. The highest BCUT2D eigenvalue weighted by Crippen LogP contribution is 2.27. The van der Waals surface area contributed by atoms with Crippen LogP contribution in [0.15, 0.2) is 36.9 Å². The van der Waals surface area contributed by atoms with Crippen LogP contribution < -0.4 is 5.32 Å². The van der Waals surface area contributed by atoms with Crippen molar-refractivity contribution in [2.24, 2.45) is 0 Å². The number of carbonyl (C=O) groups excluding carboxylic acids is 1. The fourth-order valence-corrected chi connectivity index (χ4v) is 1.69. The van der Waals surface area contributed by atoms with Gasteiger partial charge in [0.2, 0.25) is 0 Å². The van der Waals surface area contributed by atoms with E-state index in [1.807, 2.05) is 0 Å². The van der Waals surface area contributed by atoms with Gasteiger partial charge >= 0.3 is 0 Å². The number of alkyl halides is 2. The summed E-state index contributed by atoms with van der Waals surface area (Å²) in [5.74, 6) is -0.312. The Morgan fingerprint density at radius 2 is 2.00 bits per heavy atom. The van der Waals surface area contributed by atoms with Gasteiger partial charge in [0.25, 0.3) is 5.91 Å². The molecule has 1 amide bonds. The lowest BCUT2D eigenvalue weighted by Gasteiger charge is -2.18. The third-order valence-electron chi connectivity index (χ3n) is 2.10. The molecule has 3 nitrogen and oxygen atoms in total. The van der Waals surface area contributed by atoms with E-state index in [1.54, 1.807) is 18.2 Å². The van der Waals surface area contributed by atoms with Crippen LogP contribution in [0.3, 0.4) is 0 Å². The van der Waals surface area contributed by atoms with Crippen LogP contribution in [0, 0.1) is 0 Å². The quantitative estimate of drug-likeness (QED) is 0.640. The first-order chi connectivity index (χ1) is 7.95. The molecule has 0 spiro atoms. The molecule has 92 valence electrons. The van der Waals surface area contributed by atoms with Crippen LogP contribution in [0.4, 0.5) is 0 Å². The van der Waals surface area contributed by atoms with E-state index in [0.29, 0.717) is 6.54 Å². The van der Waals surface area contributed by atoms with Crippen LogP contribution in [0.1, 0.15) is 5.56 Å². The van der Waals surface area contributed by atoms with Crippen LogP contribution in [0.25, 0.3) is 0 Å². The third-order valence-corrected chi connectivity index (χ3v) is 2.71. The van der Waals surface area contributed by atoms with Crippen molar-refractivity contribution >= 4 is 29.1 Å². The van der Waals surface area contributed by atoms with Gasteiger partial charge in [0.1, 0.15) is 5.75 Å². The lowest BCUT2D eigenvalue weighted by atomic mass is 10.1. The van der Waals surface area contributed by atoms with E-state index in [2.05, 4.69) is 11.9 Å². The smallest absolute Gasteiger partial charge is 0.257 e. The van der Waals surface area contributed by atoms with Crippen molar-refractivity contribution in [2.75, 3.05) is 6.54 Å². The van der Waals surface area contributed by atoms with E-state index in [4.69, 9.17) is 28.3 Å². The highest BCUT2D eigenvalue weighted by Gasteiger charge is 2.33. The van der Waals surface area contributed by atoms with E-state index in [9.17, 15) is 4.79 Å². The topological polar surface area (TPSA) is 49.3 Å². The average molecular weight is 274 g/mol. The molecular weight excluding hydrogens is 261 g/mol. The summed E-state index contributed by atoms with van der Waals surface area (Å²) in [4.78, 5) is 11.6. The standard InChI is InChI=1S/C12H13Cl2NO2/c1-2-7-15-11(17)12(13,14)8-9-3-5-10(16)6-4-9/h2-6,16H,1,7-8H2,(H,15,17). The Morgan fingerprint density at radius 1 is 1.41 bits per heavy atom. The van der Waals surface area contributed by atoms with Crippen molar-refractivity contribution in [1.82, 2.24) is 5.32 Å². The zero-order valence-corrected chi connectivity index (χ0v) is 10.6. The minimum atomic E-state index is -1.53. The Bertz CT molecular complexity index is 401. The highest BCUT2D eigenvalue weighted by atomic mass is 35.5. The number of amides is 1. The van der Waals surface area contributed by atoms with Crippen molar-refractivity contribution in [1.29, 1.82) is 0 Å². The first kappa shape index (κ1) is 13.9. The van der Waals surface area contributed by atoms with Gasteiger partial charge in [-0.2, -0.15) is 0 Å². The number of phenolic OH excluding ortho intramolecular Hbond substituents is 1. The monoisotopic (exact) mass is 273 g/mol. The molecule has 1 aromatic rings. The van der Waals surface area contributed by atoms with Crippen LogP contribution in [-0.2, 0) is 11.2 Å². The molecule has 0 radical (unpaired) electrons. The fourth-order valence-electron chi connectivity index (χ4n) is 1.24. The summed E-state index contributed by atoms with van der Waals surface area (Å²) < 4.78 is -1.53. The molecule has 0 saturated carbocycles. The van der Waals surface area contributed by atoms with Crippen molar-refractivity contribution in [3.05, 3.63) is 42.5 Å². The predicted molar refractivity (Wildman–Crippen MR) is 69.5 cm³/mol. The molecule has 0 aliphatic carbocycles. The summed E-state index contributed by atoms with van der Waals surface area (Å²) in [7, 11) is 0. The number of rotatable bonds is 5. The fraction of sp³-hybridized carbons (Fsp3) is 0.250. The zero-order valence-electron chi connectivity index (χ0n) is 9.12. The van der Waals surface area contributed by atoms with Gasteiger partial charge in [0.15, 0.2) is 4.33 Å². The molecule has 5 heteroatoms. The predicted octanol–water partition coefficient (Wildman–Crippen LogP) is 2.41. The van der Waals surface area contributed by atoms with E-state index in [1.165, 1.54) is 12.1 Å². The Labute approximate surface area is 110 Å². The molecule has 0 aliphatic rings. The Kier molecular flexibility index (Phi) is 4.85. The molecule has 0 saturated heterocycles. The number of hydrogen-bond donors (Lipinski definition) is 2. The number of carbonyl (C=O) groups is 1. The van der Waals surface area contributed by atoms with Gasteiger partial charge in [-0.15, -0.1) is 6.58 Å². The molecule has 0 aromatic heterocycles. The molecule has 0 bridgehead atoms. The zero-order chi connectivity index (χ0) is 12.9. The average Bonchev–Trinajstić information content (AvgIpc) is 2.28. The molecule has 0 aliphatic heterocycles. The van der Waals surface area contributed by atoms with Crippen LogP contribution in [-0.4, -0.2) is 21.9 Å². The molecule has 0 atom stereocenters. The van der Waals surface area contributed by atoms with E-state index < -0.39 is 10.2 Å². The minimum absolute atomic E-state index is 0.152. The summed E-state index contributed by atoms with van der Waals surface area (Å²) in [5, 5.41) is 11.7. The first-order valence-corrected chi connectivity index (χ1v) is 5.76. The van der Waals surface area contributed by atoms with Crippen molar-refractivity contribution in [3.63, 3.8) is 0 Å². The van der Waals surface area contributed by atoms with Crippen molar-refractivity contribution < 1.29 is 9.90 Å². The number of benzene rings is 1. The minimum Gasteiger partial charge on any atom is -0.508 e. The summed E-state index contributed by atoms with van der Waals surface area (Å²) in [5.41, 5.74) is 0.765. The van der Waals surface area contributed by atoms with Gasteiger partial charge in [0.05, 0.1) is 0 Å². The Morgan fingerprint density at radius 3 is 2.53 bits per heavy atom. The molecule has 0 heterocycles. The number of halogens is 2. The second kappa shape index (κ2) is 5.94. The maximum absolute atomic E-state index is 11.6. The van der Waals surface area contributed by atoms with Gasteiger partial charge in [-0.1, -0.05) is 41.4 Å². The van der Waals surface area contributed by atoms with Crippen LogP contribution >= 0.6 is 23.2 Å². The van der Waals surface area contributed by atoms with E-state index in [-0.39, 0.29) is 12.2 Å². The SMILES string of the molecule is C=CCNC(=O)C(Cl)(Cl)Cc1ccc(O)cc1. The van der Waals surface area contributed by atoms with Crippen LogP contribution in [0.2, 0.25) is 0 Å². The highest BCUT2D eigenvalue weighted by molar-refractivity contribution is 6.58. The summed E-state index contributed by atoms with van der Waals surface area (Å²) in [6.07, 6.45) is 1.71. The summed E-state index contributed by atoms with van der Waals surface area (Å²) in [6.45, 7) is 3.79. The summed E-state index contributed by atoms with van der Waals surface area (Å²) in [6, 6.07) is 6.35. The second-order valence-corrected chi connectivity index (χ2v) is 5.03. The van der Waals surface area contributed by atoms with Gasteiger partial charge in [0, 0.05) is 13.0 Å². The van der Waals surface area contributed by atoms with E-state index in [0.717, 1.165) is 5.56 Å². The van der Waals surface area contributed by atoms with Gasteiger partial charge in [-0.05, 0) is 17.7 Å².